The van der Waals surface area contributed by atoms with E-state index in [2.05, 4.69) is 27.8 Å². The maximum absolute atomic E-state index is 12.5. The summed E-state index contributed by atoms with van der Waals surface area (Å²) in [6.07, 6.45) is 7.34. The van der Waals surface area contributed by atoms with Gasteiger partial charge in [-0.15, -0.1) is 0 Å². The summed E-state index contributed by atoms with van der Waals surface area (Å²) >= 11 is 3.47. The molecule has 2 saturated carbocycles. The molecule has 16 heavy (non-hydrogen) atoms. The number of halogens is 1. The fraction of sp³-hybridized carbons (Fsp3) is 0.923. The van der Waals surface area contributed by atoms with Crippen molar-refractivity contribution < 1.29 is 4.79 Å². The van der Waals surface area contributed by atoms with Crippen LogP contribution in [0.2, 0.25) is 0 Å². The van der Waals surface area contributed by atoms with Crippen molar-refractivity contribution in [2.75, 3.05) is 11.9 Å². The zero-order valence-electron chi connectivity index (χ0n) is 10.1. The normalized spacial score (nSPS) is 30.1. The van der Waals surface area contributed by atoms with E-state index in [1.54, 1.807) is 0 Å². The molecule has 2 unspecified atom stereocenters. The van der Waals surface area contributed by atoms with Crippen LogP contribution in [-0.4, -0.2) is 28.7 Å². The van der Waals surface area contributed by atoms with Gasteiger partial charge in [0.1, 0.15) is 0 Å². The lowest BCUT2D eigenvalue weighted by molar-refractivity contribution is -0.140. The predicted octanol–water partition coefficient (Wildman–Crippen LogP) is 3.20. The number of hydrogen-bond donors (Lipinski definition) is 0. The Bertz CT molecular complexity index is 252. The van der Waals surface area contributed by atoms with Gasteiger partial charge in [0.15, 0.2) is 0 Å². The molecule has 0 aromatic heterocycles. The summed E-state index contributed by atoms with van der Waals surface area (Å²) in [5.41, 5.74) is 0. The molecule has 3 heteroatoms. The van der Waals surface area contributed by atoms with Crippen molar-refractivity contribution in [3.05, 3.63) is 0 Å². The summed E-state index contributed by atoms with van der Waals surface area (Å²) in [7, 11) is 0. The zero-order chi connectivity index (χ0) is 11.5. The van der Waals surface area contributed by atoms with Crippen molar-refractivity contribution >= 4 is 21.8 Å². The van der Waals surface area contributed by atoms with Crippen LogP contribution < -0.4 is 0 Å². The third kappa shape index (κ3) is 2.44. The van der Waals surface area contributed by atoms with Gasteiger partial charge in [-0.1, -0.05) is 29.3 Å². The van der Waals surface area contributed by atoms with Crippen LogP contribution in [-0.2, 0) is 4.79 Å². The molecule has 0 heterocycles. The van der Waals surface area contributed by atoms with Crippen molar-refractivity contribution in [2.45, 2.75) is 51.5 Å². The summed E-state index contributed by atoms with van der Waals surface area (Å²) < 4.78 is 0. The lowest BCUT2D eigenvalue weighted by Gasteiger charge is -2.39. The van der Waals surface area contributed by atoms with E-state index < -0.39 is 0 Å². The summed E-state index contributed by atoms with van der Waals surface area (Å²) in [6.45, 7) is 3.13. The number of carbonyl (C=O) groups excluding carboxylic acids is 1. The molecule has 1 amide bonds. The molecule has 2 nitrogen and oxygen atoms in total. The van der Waals surface area contributed by atoms with Crippen LogP contribution in [0.4, 0.5) is 0 Å². The van der Waals surface area contributed by atoms with Gasteiger partial charge in [-0.05, 0) is 38.0 Å². The van der Waals surface area contributed by atoms with Crippen molar-refractivity contribution in [3.8, 4) is 0 Å². The van der Waals surface area contributed by atoms with E-state index in [0.29, 0.717) is 23.8 Å². The van der Waals surface area contributed by atoms with Gasteiger partial charge in [0.05, 0.1) is 0 Å². The highest BCUT2D eigenvalue weighted by atomic mass is 79.9. The van der Waals surface area contributed by atoms with Gasteiger partial charge in [0.2, 0.25) is 5.91 Å². The number of hydrogen-bond acceptors (Lipinski definition) is 1. The Morgan fingerprint density at radius 1 is 1.25 bits per heavy atom. The Morgan fingerprint density at radius 2 is 1.94 bits per heavy atom. The van der Waals surface area contributed by atoms with Gasteiger partial charge < -0.3 is 4.90 Å². The first-order valence-electron chi connectivity index (χ1n) is 6.60. The number of alkyl halides is 1. The third-order valence-electron chi connectivity index (χ3n) is 4.30. The highest BCUT2D eigenvalue weighted by Gasteiger charge is 2.36. The Hall–Kier alpha value is -0.0500. The SMILES string of the molecule is CC1CCCC1C(=O)N(CCBr)C1CCC1. The monoisotopic (exact) mass is 287 g/mol. The van der Waals surface area contributed by atoms with Crippen LogP contribution in [0, 0.1) is 11.8 Å². The first-order valence-corrected chi connectivity index (χ1v) is 7.72. The van der Waals surface area contributed by atoms with Crippen LogP contribution in [0.3, 0.4) is 0 Å². The first-order chi connectivity index (χ1) is 7.74. The molecule has 0 aromatic carbocycles. The summed E-state index contributed by atoms with van der Waals surface area (Å²) in [4.78, 5) is 14.6. The fourth-order valence-electron chi connectivity index (χ4n) is 2.99. The second-order valence-electron chi connectivity index (χ2n) is 5.32. The number of amides is 1. The van der Waals surface area contributed by atoms with Gasteiger partial charge in [0, 0.05) is 23.8 Å². The molecule has 0 radical (unpaired) electrons. The van der Waals surface area contributed by atoms with E-state index >= 15 is 0 Å². The predicted molar refractivity (Wildman–Crippen MR) is 69.7 cm³/mol. The summed E-state index contributed by atoms with van der Waals surface area (Å²) in [6, 6.07) is 0.554. The van der Waals surface area contributed by atoms with E-state index in [1.807, 2.05) is 0 Å². The van der Waals surface area contributed by atoms with Crippen LogP contribution in [0.5, 0.6) is 0 Å². The molecule has 92 valence electrons. The Kier molecular flexibility index (Phi) is 4.28. The van der Waals surface area contributed by atoms with Crippen LogP contribution in [0.1, 0.15) is 45.4 Å². The standard InChI is InChI=1S/C13H22BrNO/c1-10-4-2-7-12(10)13(16)15(9-8-14)11-5-3-6-11/h10-12H,2-9H2,1H3. The van der Waals surface area contributed by atoms with Crippen LogP contribution in [0.25, 0.3) is 0 Å². The van der Waals surface area contributed by atoms with E-state index in [9.17, 15) is 4.79 Å². The average molecular weight is 288 g/mol. The Labute approximate surface area is 107 Å². The molecular weight excluding hydrogens is 266 g/mol. The molecule has 2 aliphatic carbocycles. The summed E-state index contributed by atoms with van der Waals surface area (Å²) in [5, 5.41) is 0.913. The number of nitrogens with zero attached hydrogens (tertiary/aromatic N) is 1. The second-order valence-corrected chi connectivity index (χ2v) is 6.11. The van der Waals surface area contributed by atoms with Gasteiger partial charge in [-0.2, -0.15) is 0 Å². The second kappa shape index (κ2) is 5.52. The van der Waals surface area contributed by atoms with E-state index in [4.69, 9.17) is 0 Å². The average Bonchev–Trinajstić information content (AvgIpc) is 2.60. The van der Waals surface area contributed by atoms with E-state index in [-0.39, 0.29) is 0 Å². The maximum Gasteiger partial charge on any atom is 0.226 e. The molecule has 2 rings (SSSR count). The van der Waals surface area contributed by atoms with E-state index in [0.717, 1.165) is 18.3 Å². The van der Waals surface area contributed by atoms with Gasteiger partial charge in [-0.25, -0.2) is 0 Å². The molecular formula is C13H22BrNO. The highest BCUT2D eigenvalue weighted by molar-refractivity contribution is 9.09. The van der Waals surface area contributed by atoms with Gasteiger partial charge in [0.25, 0.3) is 0 Å². The lowest BCUT2D eigenvalue weighted by atomic mass is 9.89. The van der Waals surface area contributed by atoms with Gasteiger partial charge >= 0.3 is 0 Å². The molecule has 0 N–H and O–H groups in total. The number of rotatable bonds is 4. The molecule has 0 aliphatic heterocycles. The molecule has 0 bridgehead atoms. The lowest BCUT2D eigenvalue weighted by Crippen LogP contribution is -2.48. The number of carbonyl (C=O) groups is 1. The minimum Gasteiger partial charge on any atom is -0.339 e. The van der Waals surface area contributed by atoms with Crippen molar-refractivity contribution in [2.24, 2.45) is 11.8 Å². The molecule has 2 atom stereocenters. The molecule has 2 fully saturated rings. The van der Waals surface area contributed by atoms with Crippen molar-refractivity contribution in [3.63, 3.8) is 0 Å². The Balaban J connectivity index is 1.98. The smallest absolute Gasteiger partial charge is 0.226 e. The topological polar surface area (TPSA) is 20.3 Å². The molecule has 0 aromatic rings. The Morgan fingerprint density at radius 3 is 2.38 bits per heavy atom. The largest absolute Gasteiger partial charge is 0.339 e. The highest BCUT2D eigenvalue weighted by Crippen LogP contribution is 2.35. The van der Waals surface area contributed by atoms with Crippen LogP contribution in [0.15, 0.2) is 0 Å². The van der Waals surface area contributed by atoms with Crippen molar-refractivity contribution in [1.82, 2.24) is 4.90 Å². The molecule has 0 saturated heterocycles. The minimum absolute atomic E-state index is 0.319. The minimum atomic E-state index is 0.319. The third-order valence-corrected chi connectivity index (χ3v) is 4.66. The van der Waals surface area contributed by atoms with E-state index in [1.165, 1.54) is 32.1 Å². The molecule has 2 aliphatic rings. The maximum atomic E-state index is 12.5. The summed E-state index contributed by atoms with van der Waals surface area (Å²) in [5.74, 6) is 1.36. The fourth-order valence-corrected chi connectivity index (χ4v) is 3.37. The molecule has 0 spiro atoms. The van der Waals surface area contributed by atoms with Crippen LogP contribution >= 0.6 is 15.9 Å². The zero-order valence-corrected chi connectivity index (χ0v) is 11.7. The quantitative estimate of drug-likeness (QED) is 0.727. The van der Waals surface area contributed by atoms with Gasteiger partial charge in [-0.3, -0.25) is 4.79 Å². The van der Waals surface area contributed by atoms with Crippen molar-refractivity contribution in [1.29, 1.82) is 0 Å². The first kappa shape index (κ1) is 12.4.